The lowest BCUT2D eigenvalue weighted by molar-refractivity contribution is -0.384. The molecule has 0 heterocycles. The Morgan fingerprint density at radius 3 is 2.06 bits per heavy atom. The Labute approximate surface area is 187 Å². The second kappa shape index (κ2) is 9.42. The summed E-state index contributed by atoms with van der Waals surface area (Å²) in [6, 6.07) is 14.1. The molecule has 0 aromatic heterocycles. The third-order valence-corrected chi connectivity index (χ3v) is 6.99. The molecule has 0 aliphatic heterocycles. The first kappa shape index (κ1) is 23.3. The predicted molar refractivity (Wildman–Crippen MR) is 131 cm³/mol. The summed E-state index contributed by atoms with van der Waals surface area (Å²) in [7, 11) is 0. The van der Waals surface area contributed by atoms with E-state index in [4.69, 9.17) is 0 Å². The van der Waals surface area contributed by atoms with Gasteiger partial charge in [-0.25, -0.2) is 0 Å². The van der Waals surface area contributed by atoms with E-state index in [1.165, 1.54) is 24.8 Å². The van der Waals surface area contributed by atoms with E-state index in [2.05, 4.69) is 57.7 Å². The molecule has 0 saturated carbocycles. The molecular weight excluding hydrogens is 384 g/mol. The normalized spacial score (nSPS) is 16.5. The number of nitro benzene ring substituents is 1. The molecule has 0 atom stereocenters. The zero-order valence-corrected chi connectivity index (χ0v) is 19.9. The third-order valence-electron chi connectivity index (χ3n) is 6.99. The van der Waals surface area contributed by atoms with E-state index < -0.39 is 0 Å². The highest BCUT2D eigenvalue weighted by Gasteiger charge is 2.39. The lowest BCUT2D eigenvalue weighted by Crippen LogP contribution is -2.34. The van der Waals surface area contributed by atoms with E-state index in [0.29, 0.717) is 0 Å². The largest absolute Gasteiger partial charge is 0.336 e. The zero-order chi connectivity index (χ0) is 22.6. The van der Waals surface area contributed by atoms with Gasteiger partial charge in [0, 0.05) is 18.3 Å². The molecular formula is C27H38N2O2. The van der Waals surface area contributed by atoms with Crippen LogP contribution in [0, 0.1) is 10.1 Å². The Balaban J connectivity index is 2.10. The highest BCUT2D eigenvalue weighted by molar-refractivity contribution is 5.75. The van der Waals surface area contributed by atoms with Crippen molar-refractivity contribution in [3.8, 4) is 0 Å². The molecule has 1 aliphatic rings. The van der Waals surface area contributed by atoms with Gasteiger partial charge in [-0.1, -0.05) is 78.5 Å². The first-order chi connectivity index (χ1) is 14.7. The smallest absolute Gasteiger partial charge is 0.293 e. The summed E-state index contributed by atoms with van der Waals surface area (Å²) in [5.41, 5.74) is 4.34. The molecule has 4 nitrogen and oxygen atoms in total. The average Bonchev–Trinajstić information content (AvgIpc) is 2.74. The summed E-state index contributed by atoms with van der Waals surface area (Å²) in [4.78, 5) is 14.2. The topological polar surface area (TPSA) is 46.4 Å². The molecule has 0 bridgehead atoms. The van der Waals surface area contributed by atoms with Crippen LogP contribution < -0.4 is 4.90 Å². The Kier molecular flexibility index (Phi) is 7.08. The monoisotopic (exact) mass is 422 g/mol. The van der Waals surface area contributed by atoms with Crippen molar-refractivity contribution in [2.75, 3.05) is 11.4 Å². The lowest BCUT2D eigenvalue weighted by Gasteiger charge is -2.42. The van der Waals surface area contributed by atoms with Crippen LogP contribution in [0.1, 0.15) is 90.7 Å². The van der Waals surface area contributed by atoms with Crippen LogP contribution in [0.25, 0.3) is 0 Å². The molecule has 1 aliphatic carbocycles. The van der Waals surface area contributed by atoms with E-state index in [1.54, 1.807) is 0 Å². The number of nitrogens with zero attached hydrogens (tertiary/aromatic N) is 2. The molecule has 4 heteroatoms. The molecule has 0 radical (unpaired) electrons. The molecule has 0 N–H and O–H groups in total. The van der Waals surface area contributed by atoms with Gasteiger partial charge in [-0.2, -0.15) is 0 Å². The number of anilines is 2. The first-order valence-electron chi connectivity index (χ1n) is 11.8. The minimum Gasteiger partial charge on any atom is -0.336 e. The van der Waals surface area contributed by atoms with Gasteiger partial charge in [0.15, 0.2) is 0 Å². The highest BCUT2D eigenvalue weighted by atomic mass is 16.6. The quantitative estimate of drug-likeness (QED) is 0.233. The van der Waals surface area contributed by atoms with Crippen LogP contribution in [-0.2, 0) is 10.8 Å². The van der Waals surface area contributed by atoms with Crippen LogP contribution >= 0.6 is 0 Å². The van der Waals surface area contributed by atoms with Crippen molar-refractivity contribution in [3.05, 3.63) is 63.7 Å². The molecule has 3 rings (SSSR count). The van der Waals surface area contributed by atoms with Crippen LogP contribution in [0.15, 0.2) is 42.5 Å². The fraction of sp³-hybridized carbons (Fsp3) is 0.556. The first-order valence-corrected chi connectivity index (χ1v) is 11.8. The summed E-state index contributed by atoms with van der Waals surface area (Å²) in [6.45, 7) is 12.0. The number of hydrogen-bond acceptors (Lipinski definition) is 3. The van der Waals surface area contributed by atoms with Crippen molar-refractivity contribution in [1.29, 1.82) is 0 Å². The van der Waals surface area contributed by atoms with Crippen molar-refractivity contribution in [2.45, 2.75) is 90.4 Å². The number of benzene rings is 2. The maximum atomic E-state index is 12.2. The van der Waals surface area contributed by atoms with Gasteiger partial charge in [-0.15, -0.1) is 0 Å². The molecule has 2 aromatic rings. The van der Waals surface area contributed by atoms with Crippen LogP contribution in [0.2, 0.25) is 0 Å². The second-order valence-electron chi connectivity index (χ2n) is 10.3. The fourth-order valence-corrected chi connectivity index (χ4v) is 4.82. The van der Waals surface area contributed by atoms with Crippen molar-refractivity contribution >= 4 is 17.1 Å². The average molecular weight is 423 g/mol. The molecule has 2 aromatic carbocycles. The number of unbranched alkanes of at least 4 members (excludes halogenated alkanes) is 4. The molecule has 31 heavy (non-hydrogen) atoms. The standard InChI is InChI=1S/C27H38N2O2/c1-6-7-8-9-13-18-28(21-14-11-10-12-15-21)24-19-22-23(20-25(24)29(30)31)27(4,5)17-16-26(22,2)3/h10-12,14-15,19-20H,6-9,13,16-18H2,1-5H3. The van der Waals surface area contributed by atoms with Gasteiger partial charge >= 0.3 is 0 Å². The van der Waals surface area contributed by atoms with Crippen molar-refractivity contribution in [3.63, 3.8) is 0 Å². The number of hydrogen-bond donors (Lipinski definition) is 0. The molecule has 0 saturated heterocycles. The van der Waals surface area contributed by atoms with Gasteiger partial charge in [0.1, 0.15) is 5.69 Å². The van der Waals surface area contributed by atoms with Crippen molar-refractivity contribution < 1.29 is 4.92 Å². The summed E-state index contributed by atoms with van der Waals surface area (Å²) < 4.78 is 0. The maximum absolute atomic E-state index is 12.2. The van der Waals surface area contributed by atoms with E-state index >= 15 is 0 Å². The number of fused-ring (bicyclic) bond motifs is 1. The van der Waals surface area contributed by atoms with E-state index in [9.17, 15) is 10.1 Å². The molecule has 0 fully saturated rings. The van der Waals surface area contributed by atoms with E-state index in [0.717, 1.165) is 49.2 Å². The number of rotatable bonds is 9. The maximum Gasteiger partial charge on any atom is 0.293 e. The molecule has 0 spiro atoms. The minimum absolute atomic E-state index is 0.0121. The zero-order valence-electron chi connectivity index (χ0n) is 19.9. The van der Waals surface area contributed by atoms with E-state index in [1.807, 2.05) is 24.3 Å². The van der Waals surface area contributed by atoms with Gasteiger partial charge in [-0.3, -0.25) is 10.1 Å². The van der Waals surface area contributed by atoms with Crippen LogP contribution in [0.3, 0.4) is 0 Å². The Hall–Kier alpha value is -2.36. The lowest BCUT2D eigenvalue weighted by atomic mass is 9.63. The highest BCUT2D eigenvalue weighted by Crippen LogP contribution is 2.49. The van der Waals surface area contributed by atoms with Crippen LogP contribution in [0.4, 0.5) is 17.1 Å². The molecule has 168 valence electrons. The minimum atomic E-state index is -0.194. The van der Waals surface area contributed by atoms with Gasteiger partial charge in [0.05, 0.1) is 4.92 Å². The van der Waals surface area contributed by atoms with Gasteiger partial charge < -0.3 is 4.90 Å². The van der Waals surface area contributed by atoms with Gasteiger partial charge in [-0.05, 0) is 59.4 Å². The van der Waals surface area contributed by atoms with Crippen molar-refractivity contribution in [1.82, 2.24) is 0 Å². The number of para-hydroxylation sites is 1. The summed E-state index contributed by atoms with van der Waals surface area (Å²) in [5.74, 6) is 0. The summed E-state index contributed by atoms with van der Waals surface area (Å²) in [5, 5.41) is 12.2. The van der Waals surface area contributed by atoms with Crippen LogP contribution in [-0.4, -0.2) is 11.5 Å². The molecule has 0 amide bonds. The fourth-order valence-electron chi connectivity index (χ4n) is 4.82. The number of nitro groups is 1. The van der Waals surface area contributed by atoms with Gasteiger partial charge in [0.2, 0.25) is 0 Å². The second-order valence-corrected chi connectivity index (χ2v) is 10.3. The summed E-state index contributed by atoms with van der Waals surface area (Å²) in [6.07, 6.45) is 7.98. The Bertz CT molecular complexity index is 903. The van der Waals surface area contributed by atoms with Crippen molar-refractivity contribution in [2.24, 2.45) is 0 Å². The Morgan fingerprint density at radius 1 is 0.903 bits per heavy atom. The SMILES string of the molecule is CCCCCCCN(c1ccccc1)c1cc2c(cc1[N+](=O)[O-])C(C)(C)CCC2(C)C. The predicted octanol–water partition coefficient (Wildman–Crippen LogP) is 8.05. The summed E-state index contributed by atoms with van der Waals surface area (Å²) >= 11 is 0. The third kappa shape index (κ3) is 5.11. The Morgan fingerprint density at radius 2 is 1.48 bits per heavy atom. The van der Waals surface area contributed by atoms with Gasteiger partial charge in [0.25, 0.3) is 5.69 Å². The van der Waals surface area contributed by atoms with E-state index in [-0.39, 0.29) is 21.4 Å². The molecule has 0 unspecified atom stereocenters. The van der Waals surface area contributed by atoms with Crippen LogP contribution in [0.5, 0.6) is 0 Å².